The van der Waals surface area contributed by atoms with Crippen LogP contribution in [0.2, 0.25) is 5.02 Å². The van der Waals surface area contributed by atoms with Crippen molar-refractivity contribution in [1.29, 1.82) is 0 Å². The summed E-state index contributed by atoms with van der Waals surface area (Å²) < 4.78 is 0. The number of hydrogen-bond acceptors (Lipinski definition) is 3. The number of carbonyl (C=O) groups excluding carboxylic acids is 1. The van der Waals surface area contributed by atoms with Gasteiger partial charge in [-0.05, 0) is 43.7 Å². The average Bonchev–Trinajstić information content (AvgIpc) is 3.04. The van der Waals surface area contributed by atoms with E-state index >= 15 is 0 Å². The molecular formula is C15H19ClN2OS. The zero-order valence-corrected chi connectivity index (χ0v) is 13.0. The van der Waals surface area contributed by atoms with Gasteiger partial charge >= 0.3 is 0 Å². The number of amides is 1. The molecule has 2 aliphatic heterocycles. The Morgan fingerprint density at radius 2 is 2.10 bits per heavy atom. The predicted molar refractivity (Wildman–Crippen MR) is 83.3 cm³/mol. The smallest absolute Gasteiger partial charge is 0.230 e. The number of halogens is 1. The molecule has 20 heavy (non-hydrogen) atoms. The number of benzene rings is 1. The van der Waals surface area contributed by atoms with Crippen molar-refractivity contribution in [1.82, 2.24) is 10.2 Å². The maximum atomic E-state index is 12.5. The van der Waals surface area contributed by atoms with Gasteiger partial charge in [-0.2, -0.15) is 0 Å². The summed E-state index contributed by atoms with van der Waals surface area (Å²) in [4.78, 5) is 15.7. The largest absolute Gasteiger partial charge is 0.341 e. The van der Waals surface area contributed by atoms with Gasteiger partial charge in [0.15, 0.2) is 0 Å². The van der Waals surface area contributed by atoms with Crippen LogP contribution in [0.15, 0.2) is 29.2 Å². The minimum atomic E-state index is -0.0784. The third-order valence-electron chi connectivity index (χ3n) is 4.29. The number of carbonyl (C=O) groups is 1. The first-order valence-corrected chi connectivity index (χ1v) is 8.44. The van der Waals surface area contributed by atoms with Crippen LogP contribution in [0.5, 0.6) is 0 Å². The van der Waals surface area contributed by atoms with E-state index in [1.165, 1.54) is 4.90 Å². The highest BCUT2D eigenvalue weighted by Crippen LogP contribution is 2.37. The Labute approximate surface area is 129 Å². The number of hydrogen-bond donors (Lipinski definition) is 1. The lowest BCUT2D eigenvalue weighted by Crippen LogP contribution is -2.37. The molecule has 2 fully saturated rings. The maximum Gasteiger partial charge on any atom is 0.230 e. The van der Waals surface area contributed by atoms with Gasteiger partial charge in [-0.1, -0.05) is 11.6 Å². The summed E-state index contributed by atoms with van der Waals surface area (Å²) in [5, 5.41) is 4.09. The first-order chi connectivity index (χ1) is 9.70. The number of likely N-dealkylation sites (tertiary alicyclic amines) is 1. The topological polar surface area (TPSA) is 32.3 Å². The second-order valence-corrected chi connectivity index (χ2v) is 7.16. The predicted octanol–water partition coefficient (Wildman–Crippen LogP) is 2.64. The molecule has 1 aromatic rings. The fourth-order valence-electron chi connectivity index (χ4n) is 3.05. The van der Waals surface area contributed by atoms with Gasteiger partial charge < -0.3 is 10.2 Å². The Hall–Kier alpha value is -0.710. The quantitative estimate of drug-likeness (QED) is 0.868. The Bertz CT molecular complexity index is 485. The lowest BCUT2D eigenvalue weighted by Gasteiger charge is -2.21. The summed E-state index contributed by atoms with van der Waals surface area (Å²) in [6.45, 7) is 3.61. The Morgan fingerprint density at radius 3 is 2.80 bits per heavy atom. The molecular weight excluding hydrogens is 292 g/mol. The molecule has 0 bridgehead atoms. The molecule has 2 saturated heterocycles. The number of nitrogens with zero attached hydrogens (tertiary/aromatic N) is 1. The molecule has 108 valence electrons. The van der Waals surface area contributed by atoms with Gasteiger partial charge in [-0.15, -0.1) is 11.8 Å². The third-order valence-corrected chi connectivity index (χ3v) is 5.53. The van der Waals surface area contributed by atoms with E-state index in [1.807, 2.05) is 29.2 Å². The Kier molecular flexibility index (Phi) is 4.24. The van der Waals surface area contributed by atoms with E-state index in [9.17, 15) is 4.79 Å². The van der Waals surface area contributed by atoms with Crippen LogP contribution in [-0.2, 0) is 4.79 Å². The molecule has 1 aromatic carbocycles. The van der Waals surface area contributed by atoms with Gasteiger partial charge in [-0.3, -0.25) is 4.79 Å². The van der Waals surface area contributed by atoms with Crippen molar-refractivity contribution in [2.24, 2.45) is 5.41 Å². The molecule has 3 rings (SSSR count). The van der Waals surface area contributed by atoms with Crippen molar-refractivity contribution in [3.8, 4) is 0 Å². The van der Waals surface area contributed by atoms with Crippen molar-refractivity contribution >= 4 is 29.3 Å². The minimum Gasteiger partial charge on any atom is -0.341 e. The summed E-state index contributed by atoms with van der Waals surface area (Å²) in [5.41, 5.74) is -0.0784. The van der Waals surface area contributed by atoms with E-state index in [0.717, 1.165) is 49.8 Å². The Balaban J connectivity index is 1.50. The van der Waals surface area contributed by atoms with Crippen molar-refractivity contribution in [2.45, 2.75) is 17.7 Å². The van der Waals surface area contributed by atoms with Gasteiger partial charge in [-0.25, -0.2) is 0 Å². The summed E-state index contributed by atoms with van der Waals surface area (Å²) in [7, 11) is 0. The second kappa shape index (κ2) is 5.96. The van der Waals surface area contributed by atoms with Gasteiger partial charge in [0.1, 0.15) is 0 Å². The lowest BCUT2D eigenvalue weighted by atomic mass is 9.86. The summed E-state index contributed by atoms with van der Waals surface area (Å²) >= 11 is 7.65. The number of rotatable bonds is 4. The van der Waals surface area contributed by atoms with E-state index in [0.29, 0.717) is 5.91 Å². The average molecular weight is 311 g/mol. The molecule has 0 aromatic heterocycles. The maximum absolute atomic E-state index is 12.5. The second-order valence-electron chi connectivity index (χ2n) is 5.55. The van der Waals surface area contributed by atoms with Crippen LogP contribution >= 0.6 is 23.4 Å². The zero-order chi connectivity index (χ0) is 14.0. The molecule has 5 heteroatoms. The summed E-state index contributed by atoms with van der Waals surface area (Å²) in [5.74, 6) is 1.30. The van der Waals surface area contributed by atoms with Crippen LogP contribution in [0.3, 0.4) is 0 Å². The molecule has 2 heterocycles. The molecule has 1 atom stereocenters. The van der Waals surface area contributed by atoms with Gasteiger partial charge in [0.05, 0.1) is 5.41 Å². The number of thioether (sulfide) groups is 1. The monoisotopic (exact) mass is 310 g/mol. The molecule has 1 spiro atoms. The molecule has 2 aliphatic rings. The molecule has 0 aliphatic carbocycles. The van der Waals surface area contributed by atoms with Gasteiger partial charge in [0, 0.05) is 35.3 Å². The van der Waals surface area contributed by atoms with Crippen LogP contribution in [-0.4, -0.2) is 42.7 Å². The van der Waals surface area contributed by atoms with E-state index in [4.69, 9.17) is 11.6 Å². The summed E-state index contributed by atoms with van der Waals surface area (Å²) in [6, 6.07) is 7.87. The van der Waals surface area contributed by atoms with Crippen LogP contribution < -0.4 is 5.32 Å². The van der Waals surface area contributed by atoms with Crippen molar-refractivity contribution in [3.05, 3.63) is 29.3 Å². The highest BCUT2D eigenvalue weighted by molar-refractivity contribution is 7.99. The lowest BCUT2D eigenvalue weighted by molar-refractivity contribution is -0.134. The molecule has 0 saturated carbocycles. The van der Waals surface area contributed by atoms with E-state index < -0.39 is 0 Å². The molecule has 3 nitrogen and oxygen atoms in total. The Morgan fingerprint density at radius 1 is 1.30 bits per heavy atom. The van der Waals surface area contributed by atoms with Crippen LogP contribution in [0, 0.1) is 5.41 Å². The van der Waals surface area contributed by atoms with E-state index in [1.54, 1.807) is 11.8 Å². The first kappa shape index (κ1) is 14.2. The van der Waals surface area contributed by atoms with Crippen LogP contribution in [0.4, 0.5) is 0 Å². The fourth-order valence-corrected chi connectivity index (χ4v) is 4.05. The van der Waals surface area contributed by atoms with E-state index in [-0.39, 0.29) is 5.41 Å². The van der Waals surface area contributed by atoms with Crippen molar-refractivity contribution in [3.63, 3.8) is 0 Å². The third kappa shape index (κ3) is 2.83. The molecule has 1 unspecified atom stereocenters. The van der Waals surface area contributed by atoms with Crippen LogP contribution in [0.1, 0.15) is 12.8 Å². The molecule has 0 radical (unpaired) electrons. The first-order valence-electron chi connectivity index (χ1n) is 7.08. The fraction of sp³-hybridized carbons (Fsp3) is 0.533. The van der Waals surface area contributed by atoms with Gasteiger partial charge in [0.2, 0.25) is 5.91 Å². The van der Waals surface area contributed by atoms with E-state index in [2.05, 4.69) is 5.32 Å². The number of nitrogens with one attached hydrogen (secondary N) is 1. The minimum absolute atomic E-state index is 0.0784. The van der Waals surface area contributed by atoms with Crippen molar-refractivity contribution in [2.75, 3.05) is 31.9 Å². The highest BCUT2D eigenvalue weighted by Gasteiger charge is 2.47. The van der Waals surface area contributed by atoms with Crippen LogP contribution in [0.25, 0.3) is 0 Å². The highest BCUT2D eigenvalue weighted by atomic mass is 35.5. The zero-order valence-electron chi connectivity index (χ0n) is 11.4. The SMILES string of the molecule is O=C1N(CCSc2ccc(Cl)cc2)CCC12CCNC2. The molecule has 1 amide bonds. The standard InChI is InChI=1S/C15H19ClN2OS/c16-12-1-3-13(4-2-12)20-10-9-18-8-6-15(14(18)19)5-7-17-11-15/h1-4,17H,5-11H2. The summed E-state index contributed by atoms with van der Waals surface area (Å²) in [6.07, 6.45) is 2.02. The normalized spacial score (nSPS) is 25.9. The van der Waals surface area contributed by atoms with Crippen molar-refractivity contribution < 1.29 is 4.79 Å². The van der Waals surface area contributed by atoms with Gasteiger partial charge in [0.25, 0.3) is 0 Å². The molecule has 1 N–H and O–H groups in total.